The van der Waals surface area contributed by atoms with Gasteiger partial charge in [0.2, 0.25) is 0 Å². The second kappa shape index (κ2) is 6.35. The van der Waals surface area contributed by atoms with Gasteiger partial charge in [-0.1, -0.05) is 11.6 Å². The van der Waals surface area contributed by atoms with E-state index < -0.39 is 0 Å². The van der Waals surface area contributed by atoms with E-state index in [2.05, 4.69) is 30.0 Å². The van der Waals surface area contributed by atoms with Crippen molar-refractivity contribution in [2.24, 2.45) is 5.73 Å². The number of nitrogens with two attached hydrogens (primary N) is 1. The van der Waals surface area contributed by atoms with E-state index in [4.69, 9.17) is 17.3 Å². The molecule has 1 aliphatic heterocycles. The molecule has 2 rings (SSSR count). The molecule has 1 aromatic heterocycles. The fourth-order valence-electron chi connectivity index (χ4n) is 2.80. The normalized spacial score (nSPS) is 22.8. The van der Waals surface area contributed by atoms with Crippen molar-refractivity contribution in [3.63, 3.8) is 0 Å². The Labute approximate surface area is 119 Å². The predicted molar refractivity (Wildman–Crippen MR) is 79.4 cm³/mol. The summed E-state index contributed by atoms with van der Waals surface area (Å²) in [6.45, 7) is 2.92. The Morgan fingerprint density at radius 2 is 2.39 bits per heavy atom. The Morgan fingerprint density at radius 1 is 1.61 bits per heavy atom. The van der Waals surface area contributed by atoms with Crippen LogP contribution in [0.3, 0.4) is 0 Å². The van der Waals surface area contributed by atoms with Crippen molar-refractivity contribution in [1.82, 2.24) is 9.80 Å². The number of rotatable bonds is 5. The number of hydrogen-bond acceptors (Lipinski definition) is 4. The zero-order valence-corrected chi connectivity index (χ0v) is 12.7. The summed E-state index contributed by atoms with van der Waals surface area (Å²) in [6.07, 6.45) is 2.54. The molecule has 1 fully saturated rings. The van der Waals surface area contributed by atoms with Crippen molar-refractivity contribution >= 4 is 22.9 Å². The molecule has 18 heavy (non-hydrogen) atoms. The van der Waals surface area contributed by atoms with Crippen LogP contribution >= 0.6 is 22.9 Å². The van der Waals surface area contributed by atoms with E-state index in [9.17, 15) is 0 Å². The van der Waals surface area contributed by atoms with Crippen LogP contribution in [-0.2, 0) is 0 Å². The Bertz CT molecular complexity index is 380. The van der Waals surface area contributed by atoms with Gasteiger partial charge in [-0.2, -0.15) is 0 Å². The van der Waals surface area contributed by atoms with Crippen molar-refractivity contribution in [1.29, 1.82) is 0 Å². The first-order valence-electron chi connectivity index (χ1n) is 6.46. The zero-order valence-electron chi connectivity index (χ0n) is 11.1. The monoisotopic (exact) mass is 287 g/mol. The summed E-state index contributed by atoms with van der Waals surface area (Å²) in [6, 6.07) is 3.01. The maximum absolute atomic E-state index is 6.03. The molecule has 5 heteroatoms. The quantitative estimate of drug-likeness (QED) is 0.903. The number of nitrogens with zero attached hydrogens (tertiary/aromatic N) is 2. The van der Waals surface area contributed by atoms with Crippen LogP contribution in [0.2, 0.25) is 5.02 Å². The van der Waals surface area contributed by atoms with Gasteiger partial charge in [-0.3, -0.25) is 4.90 Å². The SMILES string of the molecule is CN(C)CC1CCCN1C(CN)c1cc(Cl)cs1. The minimum atomic E-state index is 0.329. The largest absolute Gasteiger partial charge is 0.329 e. The van der Waals surface area contributed by atoms with Gasteiger partial charge in [-0.15, -0.1) is 11.3 Å². The second-order valence-electron chi connectivity index (χ2n) is 5.21. The van der Waals surface area contributed by atoms with Crippen molar-refractivity contribution in [2.75, 3.05) is 33.7 Å². The molecule has 1 saturated heterocycles. The van der Waals surface area contributed by atoms with Gasteiger partial charge in [0.25, 0.3) is 0 Å². The maximum Gasteiger partial charge on any atom is 0.0567 e. The van der Waals surface area contributed by atoms with Crippen LogP contribution in [0.5, 0.6) is 0 Å². The van der Waals surface area contributed by atoms with Crippen LogP contribution in [0.25, 0.3) is 0 Å². The molecule has 0 saturated carbocycles. The highest BCUT2D eigenvalue weighted by Gasteiger charge is 2.31. The Balaban J connectivity index is 2.11. The van der Waals surface area contributed by atoms with Crippen molar-refractivity contribution < 1.29 is 0 Å². The van der Waals surface area contributed by atoms with E-state index in [1.165, 1.54) is 17.7 Å². The summed E-state index contributed by atoms with van der Waals surface area (Å²) in [7, 11) is 4.27. The summed E-state index contributed by atoms with van der Waals surface area (Å²) in [5, 5.41) is 2.83. The third-order valence-corrected chi connectivity index (χ3v) is 4.92. The molecule has 0 bridgehead atoms. The topological polar surface area (TPSA) is 32.5 Å². The van der Waals surface area contributed by atoms with Crippen LogP contribution in [0.15, 0.2) is 11.4 Å². The van der Waals surface area contributed by atoms with Crippen LogP contribution in [0.4, 0.5) is 0 Å². The Kier molecular flexibility index (Phi) is 5.04. The molecular formula is C13H22ClN3S. The summed E-state index contributed by atoms with van der Waals surface area (Å²) >= 11 is 7.75. The number of likely N-dealkylation sites (tertiary alicyclic amines) is 1. The summed E-state index contributed by atoms with van der Waals surface area (Å²) in [5.74, 6) is 0. The first-order valence-corrected chi connectivity index (χ1v) is 7.72. The highest BCUT2D eigenvalue weighted by Crippen LogP contribution is 2.33. The Morgan fingerprint density at radius 3 is 2.94 bits per heavy atom. The van der Waals surface area contributed by atoms with Gasteiger partial charge in [0.05, 0.1) is 11.1 Å². The lowest BCUT2D eigenvalue weighted by molar-refractivity contribution is 0.158. The van der Waals surface area contributed by atoms with Gasteiger partial charge in [0, 0.05) is 29.4 Å². The molecule has 2 unspecified atom stereocenters. The van der Waals surface area contributed by atoms with E-state index in [1.807, 2.05) is 5.38 Å². The fraction of sp³-hybridized carbons (Fsp3) is 0.692. The van der Waals surface area contributed by atoms with Gasteiger partial charge in [0.15, 0.2) is 0 Å². The molecule has 2 heterocycles. The molecule has 0 amide bonds. The van der Waals surface area contributed by atoms with E-state index in [1.54, 1.807) is 11.3 Å². The lowest BCUT2D eigenvalue weighted by Crippen LogP contribution is -2.42. The number of likely N-dealkylation sites (N-methyl/N-ethyl adjacent to an activating group) is 1. The second-order valence-corrected chi connectivity index (χ2v) is 6.59. The molecule has 0 radical (unpaired) electrons. The molecule has 2 atom stereocenters. The van der Waals surface area contributed by atoms with Gasteiger partial charge in [0.1, 0.15) is 0 Å². The highest BCUT2D eigenvalue weighted by atomic mass is 35.5. The van der Waals surface area contributed by atoms with Crippen LogP contribution in [-0.4, -0.2) is 49.6 Å². The molecule has 0 aromatic carbocycles. The third kappa shape index (κ3) is 3.25. The van der Waals surface area contributed by atoms with Crippen LogP contribution in [0, 0.1) is 0 Å². The molecule has 0 aliphatic carbocycles. The molecular weight excluding hydrogens is 266 g/mol. The first-order chi connectivity index (χ1) is 8.61. The average Bonchev–Trinajstić information content (AvgIpc) is 2.90. The zero-order chi connectivity index (χ0) is 13.1. The summed E-state index contributed by atoms with van der Waals surface area (Å²) in [5.41, 5.74) is 6.00. The molecule has 1 aliphatic rings. The summed E-state index contributed by atoms with van der Waals surface area (Å²) in [4.78, 5) is 6.12. The molecule has 1 aromatic rings. The van der Waals surface area contributed by atoms with E-state index >= 15 is 0 Å². The average molecular weight is 288 g/mol. The Hall–Kier alpha value is -0.130. The molecule has 3 nitrogen and oxygen atoms in total. The third-order valence-electron chi connectivity index (χ3n) is 3.54. The standard InChI is InChI=1S/C13H22ClN3S/c1-16(2)8-11-4-3-5-17(11)12(7-15)13-6-10(14)9-18-13/h6,9,11-12H,3-5,7-8,15H2,1-2H3. The lowest BCUT2D eigenvalue weighted by Gasteiger charge is -2.33. The molecule has 2 N–H and O–H groups in total. The van der Waals surface area contributed by atoms with Gasteiger partial charge in [-0.05, 0) is 39.5 Å². The number of thiophene rings is 1. The highest BCUT2D eigenvalue weighted by molar-refractivity contribution is 7.10. The number of hydrogen-bond donors (Lipinski definition) is 1. The van der Waals surface area contributed by atoms with E-state index in [0.29, 0.717) is 18.6 Å². The lowest BCUT2D eigenvalue weighted by atomic mass is 10.1. The van der Waals surface area contributed by atoms with E-state index in [-0.39, 0.29) is 0 Å². The van der Waals surface area contributed by atoms with Crippen molar-refractivity contribution in [2.45, 2.75) is 24.9 Å². The smallest absolute Gasteiger partial charge is 0.0567 e. The van der Waals surface area contributed by atoms with Gasteiger partial charge < -0.3 is 10.6 Å². The van der Waals surface area contributed by atoms with Gasteiger partial charge >= 0.3 is 0 Å². The minimum Gasteiger partial charge on any atom is -0.329 e. The molecule has 0 spiro atoms. The van der Waals surface area contributed by atoms with Crippen molar-refractivity contribution in [3.05, 3.63) is 21.3 Å². The van der Waals surface area contributed by atoms with Crippen molar-refractivity contribution in [3.8, 4) is 0 Å². The van der Waals surface area contributed by atoms with E-state index in [0.717, 1.165) is 18.1 Å². The maximum atomic E-state index is 6.03. The van der Waals surface area contributed by atoms with Crippen LogP contribution < -0.4 is 5.73 Å². The minimum absolute atomic E-state index is 0.329. The molecule has 102 valence electrons. The fourth-order valence-corrected chi connectivity index (χ4v) is 4.02. The summed E-state index contributed by atoms with van der Waals surface area (Å²) < 4.78 is 0. The predicted octanol–water partition coefficient (Wildman–Crippen LogP) is 2.43. The first kappa shape index (κ1) is 14.3. The van der Waals surface area contributed by atoms with Gasteiger partial charge in [-0.25, -0.2) is 0 Å². The van der Waals surface area contributed by atoms with Crippen LogP contribution in [0.1, 0.15) is 23.8 Å². The number of halogens is 1.